The smallest absolute Gasteiger partial charge is 0.444 e. The van der Waals surface area contributed by atoms with Crippen LogP contribution in [0.1, 0.15) is 45.6 Å². The molecule has 1 aromatic heterocycles. The van der Waals surface area contributed by atoms with Crippen LogP contribution in [-0.2, 0) is 30.0 Å². The fraction of sp³-hybridized carbons (Fsp3) is 0.464. The molecule has 0 saturated heterocycles. The fourth-order valence-electron chi connectivity index (χ4n) is 4.27. The van der Waals surface area contributed by atoms with Crippen LogP contribution in [0.15, 0.2) is 41.2 Å². The maximum absolute atomic E-state index is 13.2. The molecule has 1 heterocycles. The molecule has 212 valence electrons. The molecule has 2 aromatic carbocycles. The third-order valence-corrected chi connectivity index (χ3v) is 6.19. The minimum absolute atomic E-state index is 0.0677. The van der Waals surface area contributed by atoms with Crippen LogP contribution in [0.4, 0.5) is 18.0 Å². The van der Waals surface area contributed by atoms with Crippen molar-refractivity contribution < 1.29 is 32.2 Å². The molecule has 0 aliphatic heterocycles. The third kappa shape index (κ3) is 7.87. The van der Waals surface area contributed by atoms with Crippen molar-refractivity contribution in [1.82, 2.24) is 14.0 Å². The van der Waals surface area contributed by atoms with Crippen molar-refractivity contribution in [1.29, 1.82) is 0 Å². The number of nitrogens with zero attached hydrogens (tertiary/aromatic N) is 3. The second kappa shape index (κ2) is 12.0. The van der Waals surface area contributed by atoms with E-state index in [4.69, 9.17) is 4.74 Å². The van der Waals surface area contributed by atoms with Crippen molar-refractivity contribution >= 4 is 23.4 Å². The number of alkyl halides is 3. The summed E-state index contributed by atoms with van der Waals surface area (Å²) in [6, 6.07) is 9.77. The molecular weight excluding hydrogens is 515 g/mol. The van der Waals surface area contributed by atoms with Gasteiger partial charge in [0.15, 0.2) is 0 Å². The second-order valence-electron chi connectivity index (χ2n) is 10.4. The molecule has 0 aliphatic carbocycles. The predicted molar refractivity (Wildman–Crippen MR) is 142 cm³/mol. The number of fused-ring (bicyclic) bond motifs is 1. The number of unbranched alkanes of at least 4 members (excludes halogenated alkanes) is 2. The lowest BCUT2D eigenvalue weighted by atomic mass is 10.00. The Kier molecular flexibility index (Phi) is 9.14. The molecule has 0 saturated carbocycles. The highest BCUT2D eigenvalue weighted by Crippen LogP contribution is 2.32. The zero-order valence-electron chi connectivity index (χ0n) is 22.8. The molecule has 0 spiro atoms. The van der Waals surface area contributed by atoms with Gasteiger partial charge in [0.1, 0.15) is 17.6 Å². The van der Waals surface area contributed by atoms with Crippen molar-refractivity contribution in [3.63, 3.8) is 0 Å². The number of ether oxygens (including phenoxy) is 2. The van der Waals surface area contributed by atoms with Crippen LogP contribution in [0.5, 0.6) is 5.75 Å². The molecule has 3 rings (SSSR count). The molecule has 0 radical (unpaired) electrons. The Hall–Kier alpha value is -3.76. The quantitative estimate of drug-likeness (QED) is 0.243. The highest BCUT2D eigenvalue weighted by molar-refractivity contribution is 5.83. The molecule has 1 amide bonds. The van der Waals surface area contributed by atoms with Gasteiger partial charge in [0, 0.05) is 33.6 Å². The lowest BCUT2D eigenvalue weighted by Gasteiger charge is -2.28. The fourth-order valence-corrected chi connectivity index (χ4v) is 4.27. The minimum atomic E-state index is -4.89. The summed E-state index contributed by atoms with van der Waals surface area (Å²) < 4.78 is 52.4. The van der Waals surface area contributed by atoms with E-state index in [9.17, 15) is 27.6 Å². The van der Waals surface area contributed by atoms with E-state index in [1.54, 1.807) is 59.1 Å². The van der Waals surface area contributed by atoms with E-state index in [1.165, 1.54) is 26.2 Å². The number of carbonyl (C=O) groups excluding carboxylic acids is 2. The van der Waals surface area contributed by atoms with E-state index in [0.29, 0.717) is 35.9 Å². The summed E-state index contributed by atoms with van der Waals surface area (Å²) in [4.78, 5) is 37.2. The van der Waals surface area contributed by atoms with E-state index in [2.05, 4.69) is 4.74 Å². The summed E-state index contributed by atoms with van der Waals surface area (Å²) in [5.74, 6) is -0.357. The number of benzene rings is 2. The van der Waals surface area contributed by atoms with E-state index in [0.717, 1.165) is 11.8 Å². The predicted octanol–water partition coefficient (Wildman–Crippen LogP) is 5.59. The molecule has 39 heavy (non-hydrogen) atoms. The molecular formula is C28H34F3N3O5. The van der Waals surface area contributed by atoms with Gasteiger partial charge < -0.3 is 19.2 Å². The summed E-state index contributed by atoms with van der Waals surface area (Å²) in [7, 11) is 3.32. The van der Waals surface area contributed by atoms with E-state index < -0.39 is 18.1 Å². The zero-order chi connectivity index (χ0) is 29.0. The van der Waals surface area contributed by atoms with Gasteiger partial charge in [-0.15, -0.1) is 13.2 Å². The van der Waals surface area contributed by atoms with Gasteiger partial charge in [-0.2, -0.15) is 0 Å². The number of rotatable bonds is 10. The number of imidazole rings is 1. The van der Waals surface area contributed by atoms with Crippen molar-refractivity contribution in [2.45, 2.75) is 58.4 Å². The Labute approximate surface area is 224 Å². The second-order valence-corrected chi connectivity index (χ2v) is 10.4. The van der Waals surface area contributed by atoms with Crippen molar-refractivity contribution in [2.75, 3.05) is 13.1 Å². The molecule has 11 heteroatoms. The summed E-state index contributed by atoms with van der Waals surface area (Å²) in [5, 5.41) is 0. The normalized spacial score (nSPS) is 12.0. The SMILES string of the molecule is Cn1c(=O)n(C)c2cc(-c3ccc(OC(F)(F)F)c(CCN(CCCCC=O)C(=O)OC(C)(C)C)c3)ccc21. The summed E-state index contributed by atoms with van der Waals surface area (Å²) in [6.45, 7) is 5.56. The van der Waals surface area contributed by atoms with Gasteiger partial charge in [-0.1, -0.05) is 12.1 Å². The van der Waals surface area contributed by atoms with Gasteiger partial charge in [0.2, 0.25) is 0 Å². The van der Waals surface area contributed by atoms with Crippen molar-refractivity contribution in [3.05, 3.63) is 52.4 Å². The third-order valence-electron chi connectivity index (χ3n) is 6.19. The first-order valence-corrected chi connectivity index (χ1v) is 12.7. The number of aryl methyl sites for hydroxylation is 2. The van der Waals surface area contributed by atoms with Crippen LogP contribution in [0.25, 0.3) is 22.2 Å². The molecule has 0 aliphatic rings. The van der Waals surface area contributed by atoms with Crippen LogP contribution in [-0.4, -0.2) is 51.5 Å². The number of halogens is 3. The highest BCUT2D eigenvalue weighted by Gasteiger charge is 2.32. The molecule has 0 atom stereocenters. The first kappa shape index (κ1) is 29.8. The summed E-state index contributed by atoms with van der Waals surface area (Å²) in [6.07, 6.45) is -3.14. The van der Waals surface area contributed by atoms with Gasteiger partial charge in [-0.25, -0.2) is 9.59 Å². The summed E-state index contributed by atoms with van der Waals surface area (Å²) in [5.41, 5.74) is 2.07. The van der Waals surface area contributed by atoms with Gasteiger partial charge in [0.05, 0.1) is 11.0 Å². The average Bonchev–Trinajstić information content (AvgIpc) is 3.05. The Morgan fingerprint density at radius 1 is 0.949 bits per heavy atom. The van der Waals surface area contributed by atoms with Gasteiger partial charge >= 0.3 is 18.1 Å². The van der Waals surface area contributed by atoms with E-state index in [1.807, 2.05) is 0 Å². The van der Waals surface area contributed by atoms with Crippen LogP contribution in [0, 0.1) is 0 Å². The molecule has 0 fully saturated rings. The van der Waals surface area contributed by atoms with Gasteiger partial charge in [-0.3, -0.25) is 9.13 Å². The first-order chi connectivity index (χ1) is 18.2. The number of carbonyl (C=O) groups is 2. The van der Waals surface area contributed by atoms with Crippen molar-refractivity contribution in [3.8, 4) is 16.9 Å². The van der Waals surface area contributed by atoms with Crippen LogP contribution < -0.4 is 10.4 Å². The number of hydrogen-bond acceptors (Lipinski definition) is 5. The van der Waals surface area contributed by atoms with Crippen LogP contribution in [0.2, 0.25) is 0 Å². The Bertz CT molecular complexity index is 1390. The molecule has 8 nitrogen and oxygen atoms in total. The molecule has 0 N–H and O–H groups in total. The van der Waals surface area contributed by atoms with Crippen LogP contribution >= 0.6 is 0 Å². The maximum Gasteiger partial charge on any atom is 0.573 e. The number of aldehydes is 1. The standard InChI is InChI=1S/C28H34F3N3O5/c1-27(2,3)39-26(37)34(14-7-6-8-16-35)15-13-21-17-19(10-12-24(21)38-28(29,30)31)20-9-11-22-23(18-20)33(5)25(36)32(22)4/h9-12,16-18H,6-8,13-15H2,1-5H3. The Morgan fingerprint density at radius 3 is 2.23 bits per heavy atom. The lowest BCUT2D eigenvalue weighted by Crippen LogP contribution is -2.38. The molecule has 3 aromatic rings. The number of aromatic nitrogens is 2. The monoisotopic (exact) mass is 549 g/mol. The first-order valence-electron chi connectivity index (χ1n) is 12.7. The van der Waals surface area contributed by atoms with Gasteiger partial charge in [-0.05, 0) is 81.0 Å². The summed E-state index contributed by atoms with van der Waals surface area (Å²) >= 11 is 0. The highest BCUT2D eigenvalue weighted by atomic mass is 19.4. The van der Waals surface area contributed by atoms with E-state index in [-0.39, 0.29) is 36.5 Å². The number of hydrogen-bond donors (Lipinski definition) is 0. The largest absolute Gasteiger partial charge is 0.573 e. The minimum Gasteiger partial charge on any atom is -0.444 e. The van der Waals surface area contributed by atoms with E-state index >= 15 is 0 Å². The van der Waals surface area contributed by atoms with Crippen molar-refractivity contribution in [2.24, 2.45) is 14.1 Å². The Morgan fingerprint density at radius 2 is 1.59 bits per heavy atom. The average molecular weight is 550 g/mol. The lowest BCUT2D eigenvalue weighted by molar-refractivity contribution is -0.274. The molecule has 0 unspecified atom stereocenters. The molecule has 0 bridgehead atoms. The Balaban J connectivity index is 1.94. The van der Waals surface area contributed by atoms with Crippen LogP contribution in [0.3, 0.4) is 0 Å². The maximum atomic E-state index is 13.2. The number of amides is 1. The topological polar surface area (TPSA) is 82.8 Å². The zero-order valence-corrected chi connectivity index (χ0v) is 22.8. The van der Waals surface area contributed by atoms with Gasteiger partial charge in [0.25, 0.3) is 0 Å².